The molecule has 1 amide bonds. The van der Waals surface area contributed by atoms with Crippen molar-refractivity contribution in [2.45, 2.75) is 31.7 Å². The van der Waals surface area contributed by atoms with Crippen molar-refractivity contribution in [3.05, 3.63) is 60.2 Å². The SMILES string of the molecule is N=C1CC(CN2CCCCC2)N(C(=O)c2ccc(-c3ccccc3)cc2)C1. The van der Waals surface area contributed by atoms with E-state index in [9.17, 15) is 4.79 Å². The van der Waals surface area contributed by atoms with E-state index in [1.165, 1.54) is 19.3 Å². The van der Waals surface area contributed by atoms with E-state index in [4.69, 9.17) is 5.41 Å². The van der Waals surface area contributed by atoms with Gasteiger partial charge in [-0.1, -0.05) is 48.9 Å². The smallest absolute Gasteiger partial charge is 0.254 e. The molecule has 0 bridgehead atoms. The minimum atomic E-state index is 0.0545. The summed E-state index contributed by atoms with van der Waals surface area (Å²) in [4.78, 5) is 17.5. The Morgan fingerprint density at radius 2 is 1.59 bits per heavy atom. The van der Waals surface area contributed by atoms with Gasteiger partial charge in [-0.2, -0.15) is 0 Å². The zero-order chi connectivity index (χ0) is 18.6. The third-order valence-corrected chi connectivity index (χ3v) is 5.70. The first-order valence-electron chi connectivity index (χ1n) is 9.96. The van der Waals surface area contributed by atoms with Crippen LogP contribution in [0.15, 0.2) is 54.6 Å². The van der Waals surface area contributed by atoms with Gasteiger partial charge in [0.15, 0.2) is 0 Å². The Morgan fingerprint density at radius 1 is 0.926 bits per heavy atom. The standard InChI is InChI=1S/C23H27N3O/c24-21-15-22(17-25-13-5-2-6-14-25)26(16-21)23(27)20-11-9-19(10-12-20)18-7-3-1-4-8-18/h1,3-4,7-12,22,24H,2,5-6,13-17H2. The van der Waals surface area contributed by atoms with Crippen LogP contribution in [-0.2, 0) is 0 Å². The maximum absolute atomic E-state index is 13.1. The fourth-order valence-electron chi connectivity index (χ4n) is 4.24. The van der Waals surface area contributed by atoms with Gasteiger partial charge < -0.3 is 15.2 Å². The number of amides is 1. The number of likely N-dealkylation sites (tertiary alicyclic amines) is 2. The van der Waals surface area contributed by atoms with Gasteiger partial charge in [0, 0.05) is 24.2 Å². The molecule has 140 valence electrons. The molecule has 2 aromatic rings. The normalized spacial score (nSPS) is 20.8. The summed E-state index contributed by atoms with van der Waals surface area (Å²) in [6.45, 7) is 3.61. The van der Waals surface area contributed by atoms with Crippen molar-refractivity contribution in [3.8, 4) is 11.1 Å². The number of rotatable bonds is 4. The van der Waals surface area contributed by atoms with E-state index >= 15 is 0 Å². The number of hydrogen-bond acceptors (Lipinski definition) is 3. The van der Waals surface area contributed by atoms with Crippen LogP contribution in [0.4, 0.5) is 0 Å². The van der Waals surface area contributed by atoms with Crippen molar-refractivity contribution in [1.29, 1.82) is 5.41 Å². The molecule has 0 saturated carbocycles. The number of hydrogen-bond donors (Lipinski definition) is 1. The Kier molecular flexibility index (Phi) is 5.35. The molecule has 0 radical (unpaired) electrons. The molecule has 1 atom stereocenters. The predicted molar refractivity (Wildman–Crippen MR) is 109 cm³/mol. The number of carbonyl (C=O) groups excluding carboxylic acids is 1. The van der Waals surface area contributed by atoms with Crippen LogP contribution < -0.4 is 0 Å². The van der Waals surface area contributed by atoms with Crippen LogP contribution in [0.5, 0.6) is 0 Å². The van der Waals surface area contributed by atoms with Gasteiger partial charge in [-0.05, 0) is 49.2 Å². The molecule has 4 nitrogen and oxygen atoms in total. The second kappa shape index (κ2) is 8.05. The highest BCUT2D eigenvalue weighted by molar-refractivity contribution is 6.00. The molecule has 2 fully saturated rings. The summed E-state index contributed by atoms with van der Waals surface area (Å²) in [6.07, 6.45) is 4.52. The average molecular weight is 361 g/mol. The maximum Gasteiger partial charge on any atom is 0.254 e. The lowest BCUT2D eigenvalue weighted by Crippen LogP contribution is -2.44. The Balaban J connectivity index is 1.47. The molecular formula is C23H27N3O. The second-order valence-electron chi connectivity index (χ2n) is 7.70. The topological polar surface area (TPSA) is 47.4 Å². The quantitative estimate of drug-likeness (QED) is 0.892. The highest BCUT2D eigenvalue weighted by Crippen LogP contribution is 2.23. The van der Waals surface area contributed by atoms with Crippen molar-refractivity contribution in [3.63, 3.8) is 0 Å². The molecule has 2 heterocycles. The minimum absolute atomic E-state index is 0.0545. The van der Waals surface area contributed by atoms with Gasteiger partial charge in [0.2, 0.25) is 0 Å². The first-order valence-corrected chi connectivity index (χ1v) is 9.96. The van der Waals surface area contributed by atoms with Crippen molar-refractivity contribution < 1.29 is 4.79 Å². The van der Waals surface area contributed by atoms with Crippen LogP contribution in [0.1, 0.15) is 36.0 Å². The van der Waals surface area contributed by atoms with Gasteiger partial charge in [-0.15, -0.1) is 0 Å². The monoisotopic (exact) mass is 361 g/mol. The number of nitrogens with zero attached hydrogens (tertiary/aromatic N) is 2. The third-order valence-electron chi connectivity index (χ3n) is 5.70. The highest BCUT2D eigenvalue weighted by Gasteiger charge is 2.33. The summed E-state index contributed by atoms with van der Waals surface area (Å²) in [7, 11) is 0. The number of piperidine rings is 1. The fraction of sp³-hybridized carbons (Fsp3) is 0.391. The molecule has 2 aromatic carbocycles. The third kappa shape index (κ3) is 4.11. The molecule has 4 rings (SSSR count). The van der Waals surface area contributed by atoms with Gasteiger partial charge >= 0.3 is 0 Å². The average Bonchev–Trinajstić information content (AvgIpc) is 3.09. The lowest BCUT2D eigenvalue weighted by Gasteiger charge is -2.32. The van der Waals surface area contributed by atoms with E-state index in [1.54, 1.807) is 0 Å². The molecule has 0 aromatic heterocycles. The summed E-state index contributed by atoms with van der Waals surface area (Å²) in [6, 6.07) is 18.2. The molecule has 4 heteroatoms. The molecule has 1 unspecified atom stereocenters. The second-order valence-corrected chi connectivity index (χ2v) is 7.70. The molecule has 0 spiro atoms. The molecule has 0 aliphatic carbocycles. The van der Waals surface area contributed by atoms with Crippen molar-refractivity contribution >= 4 is 11.6 Å². The van der Waals surface area contributed by atoms with E-state index in [1.807, 2.05) is 47.4 Å². The van der Waals surface area contributed by atoms with Crippen LogP contribution in [0, 0.1) is 5.41 Å². The Labute approximate surface area is 161 Å². The first-order chi connectivity index (χ1) is 13.2. The first kappa shape index (κ1) is 17.9. The number of benzene rings is 2. The Bertz CT molecular complexity index is 794. The maximum atomic E-state index is 13.1. The van der Waals surface area contributed by atoms with Crippen molar-refractivity contribution in [2.24, 2.45) is 0 Å². The summed E-state index contributed by atoms with van der Waals surface area (Å²) >= 11 is 0. The van der Waals surface area contributed by atoms with E-state index in [0.29, 0.717) is 24.2 Å². The summed E-state index contributed by atoms with van der Waals surface area (Å²) in [5.74, 6) is 0.0545. The van der Waals surface area contributed by atoms with E-state index in [-0.39, 0.29) is 11.9 Å². The van der Waals surface area contributed by atoms with E-state index in [0.717, 1.165) is 30.8 Å². The van der Waals surface area contributed by atoms with Gasteiger partial charge in [-0.25, -0.2) is 0 Å². The van der Waals surface area contributed by atoms with Crippen molar-refractivity contribution in [2.75, 3.05) is 26.2 Å². The van der Waals surface area contributed by atoms with Gasteiger partial charge in [0.1, 0.15) is 0 Å². The lowest BCUT2D eigenvalue weighted by atomic mass is 10.0. The molecular weight excluding hydrogens is 334 g/mol. The zero-order valence-electron chi connectivity index (χ0n) is 15.7. The van der Waals surface area contributed by atoms with Crippen LogP contribution in [0.25, 0.3) is 11.1 Å². The predicted octanol–water partition coefficient (Wildman–Crippen LogP) is 4.07. The summed E-state index contributed by atoms with van der Waals surface area (Å²) in [5.41, 5.74) is 3.66. The molecule has 2 saturated heterocycles. The summed E-state index contributed by atoms with van der Waals surface area (Å²) in [5, 5.41) is 8.12. The minimum Gasteiger partial charge on any atom is -0.328 e. The van der Waals surface area contributed by atoms with Crippen LogP contribution in [0.2, 0.25) is 0 Å². The van der Waals surface area contributed by atoms with Gasteiger partial charge in [0.05, 0.1) is 12.6 Å². The van der Waals surface area contributed by atoms with Gasteiger partial charge in [0.25, 0.3) is 5.91 Å². The highest BCUT2D eigenvalue weighted by atomic mass is 16.2. The summed E-state index contributed by atoms with van der Waals surface area (Å²) < 4.78 is 0. The van der Waals surface area contributed by atoms with E-state index < -0.39 is 0 Å². The molecule has 27 heavy (non-hydrogen) atoms. The largest absolute Gasteiger partial charge is 0.328 e. The van der Waals surface area contributed by atoms with Crippen LogP contribution in [0.3, 0.4) is 0 Å². The van der Waals surface area contributed by atoms with Crippen LogP contribution in [-0.4, -0.2) is 53.6 Å². The molecule has 2 aliphatic rings. The lowest BCUT2D eigenvalue weighted by molar-refractivity contribution is 0.0693. The molecule has 1 N–H and O–H groups in total. The Hall–Kier alpha value is -2.46. The molecule has 2 aliphatic heterocycles. The van der Waals surface area contributed by atoms with Gasteiger partial charge in [-0.3, -0.25) is 4.79 Å². The number of nitrogens with one attached hydrogen (secondary N) is 1. The van der Waals surface area contributed by atoms with Crippen molar-refractivity contribution in [1.82, 2.24) is 9.80 Å². The van der Waals surface area contributed by atoms with E-state index in [2.05, 4.69) is 17.0 Å². The van der Waals surface area contributed by atoms with Crippen LogP contribution >= 0.6 is 0 Å². The number of carbonyl (C=O) groups is 1. The fourth-order valence-corrected chi connectivity index (χ4v) is 4.24. The zero-order valence-corrected chi connectivity index (χ0v) is 15.7. The Morgan fingerprint density at radius 3 is 2.30 bits per heavy atom.